The van der Waals surface area contributed by atoms with Gasteiger partial charge in [-0.25, -0.2) is 0 Å². The Balaban J connectivity index is 0.000000487. The van der Waals surface area contributed by atoms with Crippen molar-refractivity contribution >= 4 is 35.1 Å². The van der Waals surface area contributed by atoms with Crippen LogP contribution in [0.4, 0.5) is 0 Å². The van der Waals surface area contributed by atoms with E-state index in [-0.39, 0.29) is 0 Å². The summed E-state index contributed by atoms with van der Waals surface area (Å²) in [4.78, 5) is 9.00. The van der Waals surface area contributed by atoms with Crippen LogP contribution >= 0.6 is 24.8 Å². The predicted molar refractivity (Wildman–Crippen MR) is 73.0 cm³/mol. The number of carbonyl (C=O) groups is 1. The van der Waals surface area contributed by atoms with Gasteiger partial charge >= 0.3 is 0 Å². The van der Waals surface area contributed by atoms with Crippen molar-refractivity contribution in [2.24, 2.45) is 0 Å². The maximum absolute atomic E-state index is 9.00. The van der Waals surface area contributed by atoms with E-state index in [1.54, 1.807) is 0 Å². The summed E-state index contributed by atoms with van der Waals surface area (Å²) in [5, 5.41) is 10.4. The molecule has 0 bridgehead atoms. The molecule has 0 aliphatic rings. The van der Waals surface area contributed by atoms with Crippen molar-refractivity contribution in [2.75, 3.05) is 6.54 Å². The van der Waals surface area contributed by atoms with Crippen LogP contribution in [0.25, 0.3) is 0 Å². The molecule has 0 aliphatic heterocycles. The molecule has 88 valence electrons. The van der Waals surface area contributed by atoms with Crippen LogP contribution in [0.3, 0.4) is 0 Å². The van der Waals surface area contributed by atoms with Crippen LogP contribution in [0, 0.1) is 0 Å². The van der Waals surface area contributed by atoms with Gasteiger partial charge in [0, 0.05) is 13.5 Å². The SMILES string of the molecule is CC(=O)O.S=C(S)NCCc1ccccc1. The number of hydrogen-bond donors (Lipinski definition) is 3. The van der Waals surface area contributed by atoms with E-state index in [0.717, 1.165) is 19.9 Å². The summed E-state index contributed by atoms with van der Waals surface area (Å²) < 4.78 is 0.561. The quantitative estimate of drug-likeness (QED) is 0.573. The van der Waals surface area contributed by atoms with E-state index in [1.165, 1.54) is 5.56 Å². The topological polar surface area (TPSA) is 49.3 Å². The number of carboxylic acids is 1. The van der Waals surface area contributed by atoms with E-state index >= 15 is 0 Å². The molecule has 0 aromatic heterocycles. The largest absolute Gasteiger partial charge is 0.481 e. The maximum Gasteiger partial charge on any atom is 0.300 e. The summed E-state index contributed by atoms with van der Waals surface area (Å²) in [6.45, 7) is 1.94. The molecule has 0 radical (unpaired) electrons. The van der Waals surface area contributed by atoms with E-state index in [4.69, 9.17) is 22.1 Å². The smallest absolute Gasteiger partial charge is 0.300 e. The Hall–Kier alpha value is -1.07. The molecule has 0 atom stereocenters. The Morgan fingerprint density at radius 2 is 1.94 bits per heavy atom. The number of thiol groups is 1. The van der Waals surface area contributed by atoms with Gasteiger partial charge in [-0.05, 0) is 12.0 Å². The Bertz CT molecular complexity index is 324. The summed E-state index contributed by atoms with van der Waals surface area (Å²) in [6, 6.07) is 10.3. The predicted octanol–water partition coefficient (Wildman–Crippen LogP) is 2.12. The van der Waals surface area contributed by atoms with Crippen LogP contribution in [0.5, 0.6) is 0 Å². The number of carboxylic acid groups (broad SMARTS) is 1. The molecule has 0 saturated carbocycles. The average Bonchev–Trinajstić information content (AvgIpc) is 2.18. The van der Waals surface area contributed by atoms with Crippen LogP contribution in [0.15, 0.2) is 30.3 Å². The normalized spacial score (nSPS) is 8.62. The third kappa shape index (κ3) is 11.0. The minimum Gasteiger partial charge on any atom is -0.481 e. The summed E-state index contributed by atoms with van der Waals surface area (Å²) in [5.41, 5.74) is 1.31. The van der Waals surface area contributed by atoms with Crippen molar-refractivity contribution in [3.05, 3.63) is 35.9 Å². The zero-order valence-corrected chi connectivity index (χ0v) is 10.7. The van der Waals surface area contributed by atoms with Crippen LogP contribution in [-0.2, 0) is 11.2 Å². The van der Waals surface area contributed by atoms with Gasteiger partial charge in [0.25, 0.3) is 5.97 Å². The lowest BCUT2D eigenvalue weighted by atomic mass is 10.2. The second kappa shape index (κ2) is 9.18. The molecule has 3 nitrogen and oxygen atoms in total. The van der Waals surface area contributed by atoms with E-state index in [2.05, 4.69) is 30.1 Å². The zero-order chi connectivity index (χ0) is 12.4. The molecule has 2 N–H and O–H groups in total. The number of benzene rings is 1. The monoisotopic (exact) mass is 257 g/mol. The first-order valence-corrected chi connectivity index (χ1v) is 5.58. The number of aliphatic carboxylic acids is 1. The van der Waals surface area contributed by atoms with Crippen LogP contribution in [0.1, 0.15) is 12.5 Å². The standard InChI is InChI=1S/C9H11NS2.C2H4O2/c11-9(12)10-7-6-8-4-2-1-3-5-8;1-2(3)4/h1-5H,6-7H2,(H2,10,11,12);1H3,(H,3,4). The van der Waals surface area contributed by atoms with Gasteiger partial charge in [-0.1, -0.05) is 42.5 Å². The molecule has 0 aliphatic carbocycles. The van der Waals surface area contributed by atoms with Crippen molar-refractivity contribution in [2.45, 2.75) is 13.3 Å². The minimum atomic E-state index is -0.833. The fourth-order valence-corrected chi connectivity index (χ4v) is 1.17. The molecule has 0 amide bonds. The van der Waals surface area contributed by atoms with Crippen LogP contribution < -0.4 is 5.32 Å². The van der Waals surface area contributed by atoms with E-state index in [9.17, 15) is 0 Å². The highest BCUT2D eigenvalue weighted by molar-refractivity contribution is 8.11. The molecule has 0 spiro atoms. The average molecular weight is 257 g/mol. The number of rotatable bonds is 3. The van der Waals surface area contributed by atoms with Gasteiger partial charge in [0.15, 0.2) is 0 Å². The summed E-state index contributed by atoms with van der Waals surface area (Å²) in [7, 11) is 0. The Labute approximate surface area is 106 Å². The lowest BCUT2D eigenvalue weighted by molar-refractivity contribution is -0.134. The van der Waals surface area contributed by atoms with Crippen LogP contribution in [0.2, 0.25) is 0 Å². The van der Waals surface area contributed by atoms with E-state index in [1.807, 2.05) is 18.2 Å². The molecule has 1 rings (SSSR count). The molecule has 0 unspecified atom stereocenters. The number of nitrogens with one attached hydrogen (secondary N) is 1. The summed E-state index contributed by atoms with van der Waals surface area (Å²) in [5.74, 6) is -0.833. The highest BCUT2D eigenvalue weighted by Gasteiger charge is 1.90. The Morgan fingerprint density at radius 1 is 1.44 bits per heavy atom. The Morgan fingerprint density at radius 3 is 2.38 bits per heavy atom. The molecular formula is C11H15NO2S2. The first kappa shape index (κ1) is 14.9. The molecular weight excluding hydrogens is 242 g/mol. The van der Waals surface area contributed by atoms with Gasteiger partial charge in [-0.15, -0.1) is 12.6 Å². The molecule has 1 aromatic rings. The highest BCUT2D eigenvalue weighted by atomic mass is 32.1. The fourth-order valence-electron chi connectivity index (χ4n) is 0.958. The molecule has 5 heteroatoms. The molecule has 0 saturated heterocycles. The van der Waals surface area contributed by atoms with Crippen molar-refractivity contribution < 1.29 is 9.90 Å². The number of hydrogen-bond acceptors (Lipinski definition) is 2. The van der Waals surface area contributed by atoms with Gasteiger partial charge < -0.3 is 10.4 Å². The van der Waals surface area contributed by atoms with Crippen LogP contribution in [-0.4, -0.2) is 21.9 Å². The molecule has 1 aromatic carbocycles. The zero-order valence-electron chi connectivity index (χ0n) is 9.01. The molecule has 0 heterocycles. The first-order chi connectivity index (χ1) is 7.52. The van der Waals surface area contributed by atoms with Crippen molar-refractivity contribution in [3.8, 4) is 0 Å². The van der Waals surface area contributed by atoms with Crippen molar-refractivity contribution in [3.63, 3.8) is 0 Å². The molecule has 16 heavy (non-hydrogen) atoms. The summed E-state index contributed by atoms with van der Waals surface area (Å²) in [6.07, 6.45) is 0.988. The van der Waals surface area contributed by atoms with Gasteiger partial charge in [0.1, 0.15) is 4.32 Å². The summed E-state index contributed by atoms with van der Waals surface area (Å²) >= 11 is 8.73. The van der Waals surface area contributed by atoms with Gasteiger partial charge in [0.2, 0.25) is 0 Å². The maximum atomic E-state index is 9.00. The van der Waals surface area contributed by atoms with Gasteiger partial charge in [-0.2, -0.15) is 0 Å². The van der Waals surface area contributed by atoms with Gasteiger partial charge in [-0.3, -0.25) is 4.79 Å². The van der Waals surface area contributed by atoms with E-state index < -0.39 is 5.97 Å². The lowest BCUT2D eigenvalue weighted by Gasteiger charge is -2.02. The third-order valence-corrected chi connectivity index (χ3v) is 1.84. The first-order valence-electron chi connectivity index (χ1n) is 4.72. The van der Waals surface area contributed by atoms with Crippen molar-refractivity contribution in [1.29, 1.82) is 0 Å². The van der Waals surface area contributed by atoms with Crippen molar-refractivity contribution in [1.82, 2.24) is 5.32 Å². The fraction of sp³-hybridized carbons (Fsp3) is 0.273. The van der Waals surface area contributed by atoms with Gasteiger partial charge in [0.05, 0.1) is 0 Å². The minimum absolute atomic E-state index is 0.561. The third-order valence-electron chi connectivity index (χ3n) is 1.53. The number of thiocarbonyl (C=S) groups is 1. The second-order valence-electron chi connectivity index (χ2n) is 2.99. The molecule has 0 fully saturated rings. The second-order valence-corrected chi connectivity index (χ2v) is 4.14. The lowest BCUT2D eigenvalue weighted by Crippen LogP contribution is -2.19. The van der Waals surface area contributed by atoms with E-state index in [0.29, 0.717) is 4.32 Å². The Kier molecular flexibility index (Phi) is 8.56. The highest BCUT2D eigenvalue weighted by Crippen LogP contribution is 1.98.